The molecule has 3 aromatic rings. The lowest BCUT2D eigenvalue weighted by Gasteiger charge is -2.21. The summed E-state index contributed by atoms with van der Waals surface area (Å²) in [5, 5.41) is 4.14. The molecule has 0 saturated heterocycles. The standard InChI is InChI=1S/C24H15Cl2F7N2O2/c25-18-6-5-15(11-16(18)21(36)35-20-7-4-14(27)10-19(20)26)34-22(37)17(24(31,32)33)9-12-2-1-3-13(8-12)23(28,29)30/h1-8,10-11,17H,9H2,(H,34,37)(H,35,36). The quantitative estimate of drug-likeness (QED) is 0.299. The lowest BCUT2D eigenvalue weighted by atomic mass is 9.96. The molecule has 1 unspecified atom stereocenters. The van der Waals surface area contributed by atoms with Crippen molar-refractivity contribution in [3.63, 3.8) is 0 Å². The van der Waals surface area contributed by atoms with Crippen LogP contribution in [-0.2, 0) is 17.4 Å². The highest BCUT2D eigenvalue weighted by molar-refractivity contribution is 6.36. The van der Waals surface area contributed by atoms with Crippen LogP contribution >= 0.6 is 23.2 Å². The minimum absolute atomic E-state index is 0.0248. The smallest absolute Gasteiger partial charge is 0.326 e. The van der Waals surface area contributed by atoms with E-state index in [-0.39, 0.29) is 32.5 Å². The maximum atomic E-state index is 13.7. The van der Waals surface area contributed by atoms with Gasteiger partial charge in [0.05, 0.1) is 26.9 Å². The summed E-state index contributed by atoms with van der Waals surface area (Å²) < 4.78 is 93.0. The van der Waals surface area contributed by atoms with Crippen molar-refractivity contribution in [1.29, 1.82) is 0 Å². The summed E-state index contributed by atoms with van der Waals surface area (Å²) in [6.07, 6.45) is -10.9. The Kier molecular flexibility index (Phi) is 8.38. The molecule has 3 aromatic carbocycles. The maximum Gasteiger partial charge on any atom is 0.416 e. The summed E-state index contributed by atoms with van der Waals surface area (Å²) in [7, 11) is 0. The maximum absolute atomic E-state index is 13.7. The molecule has 0 bridgehead atoms. The second-order valence-electron chi connectivity index (χ2n) is 7.76. The first kappa shape index (κ1) is 28.3. The Labute approximate surface area is 215 Å². The Morgan fingerprint density at radius 3 is 2.16 bits per heavy atom. The number of amides is 2. The van der Waals surface area contributed by atoms with E-state index in [1.807, 2.05) is 5.32 Å². The van der Waals surface area contributed by atoms with Crippen LogP contribution in [0.25, 0.3) is 0 Å². The van der Waals surface area contributed by atoms with E-state index in [1.165, 1.54) is 6.07 Å². The van der Waals surface area contributed by atoms with Crippen LogP contribution in [0.15, 0.2) is 60.7 Å². The second-order valence-corrected chi connectivity index (χ2v) is 8.57. The van der Waals surface area contributed by atoms with Gasteiger partial charge in [0, 0.05) is 5.69 Å². The van der Waals surface area contributed by atoms with Crippen LogP contribution in [0.3, 0.4) is 0 Å². The summed E-state index contributed by atoms with van der Waals surface area (Å²) in [6, 6.07) is 9.67. The number of carbonyl (C=O) groups is 2. The molecular weight excluding hydrogens is 552 g/mol. The van der Waals surface area contributed by atoms with Gasteiger partial charge in [-0.1, -0.05) is 41.4 Å². The van der Waals surface area contributed by atoms with Crippen LogP contribution in [0.5, 0.6) is 0 Å². The average molecular weight is 567 g/mol. The number of anilines is 2. The zero-order valence-corrected chi connectivity index (χ0v) is 19.8. The van der Waals surface area contributed by atoms with E-state index in [2.05, 4.69) is 5.32 Å². The molecule has 196 valence electrons. The average Bonchev–Trinajstić information content (AvgIpc) is 2.79. The first-order valence-electron chi connectivity index (χ1n) is 10.2. The molecule has 37 heavy (non-hydrogen) atoms. The molecule has 0 aliphatic rings. The summed E-state index contributed by atoms with van der Waals surface area (Å²) in [6.45, 7) is 0. The van der Waals surface area contributed by atoms with Gasteiger partial charge in [-0.15, -0.1) is 0 Å². The van der Waals surface area contributed by atoms with E-state index in [9.17, 15) is 40.3 Å². The fourth-order valence-corrected chi connectivity index (χ4v) is 3.67. The van der Waals surface area contributed by atoms with Gasteiger partial charge < -0.3 is 10.6 Å². The minimum Gasteiger partial charge on any atom is -0.326 e. The number of hydrogen-bond acceptors (Lipinski definition) is 2. The third-order valence-corrected chi connectivity index (χ3v) is 5.71. The fraction of sp³-hybridized carbons (Fsp3) is 0.167. The Hall–Kier alpha value is -3.31. The molecule has 0 aromatic heterocycles. The zero-order chi connectivity index (χ0) is 27.5. The lowest BCUT2D eigenvalue weighted by molar-refractivity contribution is -0.179. The normalized spacial score (nSPS) is 12.7. The Bertz CT molecular complexity index is 1330. The van der Waals surface area contributed by atoms with Gasteiger partial charge in [-0.2, -0.15) is 26.3 Å². The van der Waals surface area contributed by atoms with Gasteiger partial charge in [0.15, 0.2) is 0 Å². The number of carbonyl (C=O) groups excluding carboxylic acids is 2. The molecule has 0 saturated carbocycles. The summed E-state index contributed by atoms with van der Waals surface area (Å²) in [4.78, 5) is 25.2. The van der Waals surface area contributed by atoms with E-state index in [0.717, 1.165) is 42.5 Å². The molecule has 0 spiro atoms. The number of halogens is 9. The van der Waals surface area contributed by atoms with E-state index in [0.29, 0.717) is 12.1 Å². The number of benzene rings is 3. The van der Waals surface area contributed by atoms with E-state index in [1.54, 1.807) is 0 Å². The molecule has 4 nitrogen and oxygen atoms in total. The number of hydrogen-bond donors (Lipinski definition) is 2. The predicted octanol–water partition coefficient (Wildman–Crippen LogP) is 7.76. The number of nitrogens with one attached hydrogen (secondary N) is 2. The van der Waals surface area contributed by atoms with Crippen LogP contribution in [0.4, 0.5) is 42.1 Å². The van der Waals surface area contributed by atoms with Crippen LogP contribution in [0.2, 0.25) is 10.0 Å². The molecule has 0 radical (unpaired) electrons. The molecule has 3 rings (SSSR count). The molecule has 2 N–H and O–H groups in total. The van der Waals surface area contributed by atoms with Crippen molar-refractivity contribution >= 4 is 46.4 Å². The Balaban J connectivity index is 1.82. The molecule has 2 amide bonds. The number of rotatable bonds is 6. The van der Waals surface area contributed by atoms with Gasteiger partial charge in [-0.3, -0.25) is 9.59 Å². The van der Waals surface area contributed by atoms with Crippen molar-refractivity contribution in [2.24, 2.45) is 5.92 Å². The lowest BCUT2D eigenvalue weighted by Crippen LogP contribution is -2.36. The first-order valence-corrected chi connectivity index (χ1v) is 11.0. The van der Waals surface area contributed by atoms with Crippen molar-refractivity contribution in [3.8, 4) is 0 Å². The highest BCUT2D eigenvalue weighted by atomic mass is 35.5. The van der Waals surface area contributed by atoms with Gasteiger partial charge in [0.1, 0.15) is 11.7 Å². The molecular formula is C24H15Cl2F7N2O2. The van der Waals surface area contributed by atoms with Crippen molar-refractivity contribution in [2.75, 3.05) is 10.6 Å². The van der Waals surface area contributed by atoms with Gasteiger partial charge in [-0.25, -0.2) is 4.39 Å². The SMILES string of the molecule is O=C(Nc1ccc(F)cc1Cl)c1cc(NC(=O)C(Cc2cccc(C(F)(F)F)c2)C(F)(F)F)ccc1Cl. The van der Waals surface area contributed by atoms with Crippen LogP contribution in [0.1, 0.15) is 21.5 Å². The first-order chi connectivity index (χ1) is 17.1. The summed E-state index contributed by atoms with van der Waals surface area (Å²) >= 11 is 11.9. The predicted molar refractivity (Wildman–Crippen MR) is 124 cm³/mol. The second kappa shape index (κ2) is 11.0. The van der Waals surface area contributed by atoms with Crippen molar-refractivity contribution < 1.29 is 40.3 Å². The van der Waals surface area contributed by atoms with Crippen molar-refractivity contribution in [2.45, 2.75) is 18.8 Å². The van der Waals surface area contributed by atoms with Crippen LogP contribution in [-0.4, -0.2) is 18.0 Å². The van der Waals surface area contributed by atoms with Gasteiger partial charge in [0.2, 0.25) is 5.91 Å². The van der Waals surface area contributed by atoms with Gasteiger partial charge in [0.25, 0.3) is 5.91 Å². The topological polar surface area (TPSA) is 58.2 Å². The molecule has 13 heteroatoms. The van der Waals surface area contributed by atoms with Gasteiger partial charge in [-0.05, 0) is 54.4 Å². The van der Waals surface area contributed by atoms with Crippen molar-refractivity contribution in [1.82, 2.24) is 0 Å². The molecule has 0 aliphatic carbocycles. The molecule has 0 heterocycles. The monoisotopic (exact) mass is 566 g/mol. The van der Waals surface area contributed by atoms with Crippen LogP contribution < -0.4 is 10.6 Å². The summed E-state index contributed by atoms with van der Waals surface area (Å²) in [5.41, 5.74) is -1.96. The minimum atomic E-state index is -5.09. The van der Waals surface area contributed by atoms with Crippen LogP contribution in [0, 0.1) is 11.7 Å². The molecule has 1 atom stereocenters. The number of alkyl halides is 6. The molecule has 0 fully saturated rings. The highest BCUT2D eigenvalue weighted by Gasteiger charge is 2.45. The van der Waals surface area contributed by atoms with Gasteiger partial charge >= 0.3 is 12.4 Å². The van der Waals surface area contributed by atoms with E-state index < -0.39 is 47.9 Å². The largest absolute Gasteiger partial charge is 0.416 e. The van der Waals surface area contributed by atoms with E-state index in [4.69, 9.17) is 23.2 Å². The molecule has 0 aliphatic heterocycles. The summed E-state index contributed by atoms with van der Waals surface area (Å²) in [5.74, 6) is -5.76. The third kappa shape index (κ3) is 7.36. The van der Waals surface area contributed by atoms with Crippen molar-refractivity contribution in [3.05, 3.63) is 93.2 Å². The highest BCUT2D eigenvalue weighted by Crippen LogP contribution is 2.34. The Morgan fingerprint density at radius 1 is 0.838 bits per heavy atom. The fourth-order valence-electron chi connectivity index (χ4n) is 3.25. The Morgan fingerprint density at radius 2 is 1.54 bits per heavy atom. The van der Waals surface area contributed by atoms with E-state index >= 15 is 0 Å². The zero-order valence-electron chi connectivity index (χ0n) is 18.3. The third-order valence-electron chi connectivity index (χ3n) is 5.06.